The second-order valence-electron chi connectivity index (χ2n) is 4.10. The first-order valence-electron chi connectivity index (χ1n) is 5.70. The minimum atomic E-state index is -0.879. The average molecular weight is 278 g/mol. The Morgan fingerprint density at radius 3 is 2.68 bits per heavy atom. The van der Waals surface area contributed by atoms with Gasteiger partial charge >= 0.3 is 5.97 Å². The Morgan fingerprint density at radius 2 is 2.05 bits per heavy atom. The number of carboxylic acid groups (broad SMARTS) is 1. The molecule has 7 heteroatoms. The second-order valence-corrected chi connectivity index (χ2v) is 5.05. The van der Waals surface area contributed by atoms with Crippen LogP contribution in [0.2, 0.25) is 0 Å². The molecule has 0 fully saturated rings. The molecule has 0 aliphatic rings. The molecule has 0 spiro atoms. The van der Waals surface area contributed by atoms with Gasteiger partial charge in [0.05, 0.1) is 17.1 Å². The van der Waals surface area contributed by atoms with Crippen molar-refractivity contribution in [3.05, 3.63) is 29.3 Å². The third-order valence-electron chi connectivity index (χ3n) is 2.56. The molecule has 0 saturated carbocycles. The predicted molar refractivity (Wildman–Crippen MR) is 71.7 cm³/mol. The average Bonchev–Trinajstić information content (AvgIpc) is 2.68. The normalized spacial score (nSPS) is 10.7. The van der Waals surface area contributed by atoms with E-state index < -0.39 is 5.97 Å². The Morgan fingerprint density at radius 1 is 1.32 bits per heavy atom. The van der Waals surface area contributed by atoms with E-state index in [0.717, 1.165) is 28.8 Å². The van der Waals surface area contributed by atoms with Gasteiger partial charge in [-0.15, -0.1) is 10.2 Å². The van der Waals surface area contributed by atoms with E-state index in [1.165, 1.54) is 0 Å². The summed E-state index contributed by atoms with van der Waals surface area (Å²) in [6.45, 7) is 5.67. The summed E-state index contributed by atoms with van der Waals surface area (Å²) in [6, 6.07) is 3.85. The van der Waals surface area contributed by atoms with Gasteiger partial charge in [-0.3, -0.25) is 14.3 Å². The molecule has 0 aliphatic carbocycles. The first-order valence-corrected chi connectivity index (χ1v) is 6.69. The highest BCUT2D eigenvalue weighted by molar-refractivity contribution is 7.99. The molecule has 0 radical (unpaired) electrons. The summed E-state index contributed by atoms with van der Waals surface area (Å²) < 4.78 is 1.83. The van der Waals surface area contributed by atoms with E-state index in [1.54, 1.807) is 0 Å². The molecule has 2 heterocycles. The highest BCUT2D eigenvalue weighted by Crippen LogP contribution is 2.23. The number of aliphatic carboxylic acids is 1. The lowest BCUT2D eigenvalue weighted by Crippen LogP contribution is -2.05. The molecule has 2 aromatic heterocycles. The van der Waals surface area contributed by atoms with Gasteiger partial charge in [-0.2, -0.15) is 0 Å². The van der Waals surface area contributed by atoms with E-state index in [1.807, 2.05) is 37.5 Å². The van der Waals surface area contributed by atoms with Gasteiger partial charge < -0.3 is 5.11 Å². The van der Waals surface area contributed by atoms with Gasteiger partial charge in [0.15, 0.2) is 5.16 Å². The Kier molecular flexibility index (Phi) is 3.84. The smallest absolute Gasteiger partial charge is 0.313 e. The number of pyridine rings is 1. The molecule has 19 heavy (non-hydrogen) atoms. The lowest BCUT2D eigenvalue weighted by molar-refractivity contribution is -0.133. The molecule has 0 atom stereocenters. The van der Waals surface area contributed by atoms with Crippen molar-refractivity contribution in [1.82, 2.24) is 19.7 Å². The Hall–Kier alpha value is -1.89. The summed E-state index contributed by atoms with van der Waals surface area (Å²) in [4.78, 5) is 15.1. The van der Waals surface area contributed by atoms with E-state index in [0.29, 0.717) is 11.0 Å². The monoisotopic (exact) mass is 278 g/mol. The standard InChI is InChI=1S/C12H14N4O2S/c1-7-4-5-10(8(2)13-7)16-9(3)14-15-12(16)19-6-11(17)18/h4-5H,6H2,1-3H3,(H,17,18). The summed E-state index contributed by atoms with van der Waals surface area (Å²) in [5, 5.41) is 17.3. The maximum absolute atomic E-state index is 10.6. The van der Waals surface area contributed by atoms with Crippen molar-refractivity contribution in [1.29, 1.82) is 0 Å². The number of thioether (sulfide) groups is 1. The van der Waals surface area contributed by atoms with Crippen molar-refractivity contribution >= 4 is 17.7 Å². The van der Waals surface area contributed by atoms with E-state index in [-0.39, 0.29) is 5.75 Å². The van der Waals surface area contributed by atoms with Gasteiger partial charge in [0, 0.05) is 5.69 Å². The summed E-state index contributed by atoms with van der Waals surface area (Å²) in [5.74, 6) is -0.214. The number of aromatic nitrogens is 4. The minimum absolute atomic E-state index is 0.0452. The van der Waals surface area contributed by atoms with Gasteiger partial charge in [-0.05, 0) is 32.9 Å². The molecule has 1 N–H and O–H groups in total. The summed E-state index contributed by atoms with van der Waals surface area (Å²) in [7, 11) is 0. The SMILES string of the molecule is Cc1ccc(-n2c(C)nnc2SCC(=O)O)c(C)n1. The highest BCUT2D eigenvalue weighted by Gasteiger charge is 2.14. The minimum Gasteiger partial charge on any atom is -0.481 e. The molecule has 0 saturated heterocycles. The van der Waals surface area contributed by atoms with Gasteiger partial charge in [-0.1, -0.05) is 11.8 Å². The molecule has 100 valence electrons. The number of hydrogen-bond donors (Lipinski definition) is 1. The van der Waals surface area contributed by atoms with Crippen LogP contribution in [0.25, 0.3) is 5.69 Å². The Bertz CT molecular complexity index is 624. The molecule has 2 aromatic rings. The van der Waals surface area contributed by atoms with Crippen LogP contribution in [0.15, 0.2) is 17.3 Å². The fourth-order valence-corrected chi connectivity index (χ4v) is 2.47. The van der Waals surface area contributed by atoms with Crippen molar-refractivity contribution < 1.29 is 9.90 Å². The maximum atomic E-state index is 10.6. The third-order valence-corrected chi connectivity index (χ3v) is 3.47. The Balaban J connectivity index is 2.43. The van der Waals surface area contributed by atoms with Crippen LogP contribution in [0.5, 0.6) is 0 Å². The van der Waals surface area contributed by atoms with Gasteiger partial charge in [0.1, 0.15) is 5.82 Å². The summed E-state index contributed by atoms with van der Waals surface area (Å²) in [6.07, 6.45) is 0. The van der Waals surface area contributed by atoms with E-state index >= 15 is 0 Å². The molecule has 6 nitrogen and oxygen atoms in total. The molecular formula is C12H14N4O2S. The molecule has 0 unspecified atom stereocenters. The van der Waals surface area contributed by atoms with Crippen molar-refractivity contribution in [2.75, 3.05) is 5.75 Å². The molecule has 2 rings (SSSR count). The van der Waals surface area contributed by atoms with Crippen molar-refractivity contribution in [2.24, 2.45) is 0 Å². The Labute approximate surface area is 114 Å². The molecule has 0 amide bonds. The first kappa shape index (κ1) is 13.5. The molecule has 0 aromatic carbocycles. The van der Waals surface area contributed by atoms with Crippen LogP contribution < -0.4 is 0 Å². The van der Waals surface area contributed by atoms with Crippen LogP contribution >= 0.6 is 11.8 Å². The topological polar surface area (TPSA) is 80.9 Å². The van der Waals surface area contributed by atoms with Crippen LogP contribution in [0.1, 0.15) is 17.2 Å². The largest absolute Gasteiger partial charge is 0.481 e. The fourth-order valence-electron chi connectivity index (χ4n) is 1.76. The van der Waals surface area contributed by atoms with Crippen LogP contribution in [0.3, 0.4) is 0 Å². The number of nitrogens with zero attached hydrogens (tertiary/aromatic N) is 4. The van der Waals surface area contributed by atoms with Gasteiger partial charge in [0.2, 0.25) is 0 Å². The van der Waals surface area contributed by atoms with Gasteiger partial charge in [-0.25, -0.2) is 0 Å². The van der Waals surface area contributed by atoms with Crippen molar-refractivity contribution in [2.45, 2.75) is 25.9 Å². The lowest BCUT2D eigenvalue weighted by atomic mass is 10.2. The summed E-state index contributed by atoms with van der Waals surface area (Å²) in [5.41, 5.74) is 2.67. The summed E-state index contributed by atoms with van der Waals surface area (Å²) >= 11 is 1.15. The third kappa shape index (κ3) is 2.93. The van der Waals surface area contributed by atoms with E-state index in [2.05, 4.69) is 15.2 Å². The number of hydrogen-bond acceptors (Lipinski definition) is 5. The zero-order chi connectivity index (χ0) is 14.0. The van der Waals surface area contributed by atoms with Crippen LogP contribution in [0, 0.1) is 20.8 Å². The maximum Gasteiger partial charge on any atom is 0.313 e. The van der Waals surface area contributed by atoms with Crippen molar-refractivity contribution in [3.63, 3.8) is 0 Å². The van der Waals surface area contributed by atoms with Crippen molar-refractivity contribution in [3.8, 4) is 5.69 Å². The highest BCUT2D eigenvalue weighted by atomic mass is 32.2. The lowest BCUT2D eigenvalue weighted by Gasteiger charge is -2.10. The molecule has 0 aliphatic heterocycles. The van der Waals surface area contributed by atoms with E-state index in [9.17, 15) is 4.79 Å². The zero-order valence-electron chi connectivity index (χ0n) is 10.9. The zero-order valence-corrected chi connectivity index (χ0v) is 11.7. The molecule has 0 bridgehead atoms. The number of rotatable bonds is 4. The number of carboxylic acids is 1. The van der Waals surface area contributed by atoms with E-state index in [4.69, 9.17) is 5.11 Å². The number of carbonyl (C=O) groups is 1. The van der Waals surface area contributed by atoms with Crippen LogP contribution in [0.4, 0.5) is 0 Å². The quantitative estimate of drug-likeness (QED) is 0.858. The second kappa shape index (κ2) is 5.40. The first-order chi connectivity index (χ1) is 8.99. The number of aryl methyl sites for hydroxylation is 3. The van der Waals surface area contributed by atoms with Crippen LogP contribution in [-0.4, -0.2) is 36.6 Å². The van der Waals surface area contributed by atoms with Gasteiger partial charge in [0.25, 0.3) is 0 Å². The molecular weight excluding hydrogens is 264 g/mol. The fraction of sp³-hybridized carbons (Fsp3) is 0.333. The van der Waals surface area contributed by atoms with Crippen LogP contribution in [-0.2, 0) is 4.79 Å². The predicted octanol–water partition coefficient (Wildman–Crippen LogP) is 1.76.